The molecular weight excluding hydrogens is 264 g/mol. The zero-order valence-corrected chi connectivity index (χ0v) is 11.6. The molecule has 0 radical (unpaired) electrons. The number of amides is 1. The maximum atomic E-state index is 11.8. The molecule has 19 heavy (non-hydrogen) atoms. The van der Waals surface area contributed by atoms with Gasteiger partial charge in [-0.1, -0.05) is 19.1 Å². The Balaban J connectivity index is 1.98. The van der Waals surface area contributed by atoms with Crippen LogP contribution in [0.2, 0.25) is 0 Å². The number of sulfonamides is 1. The van der Waals surface area contributed by atoms with Crippen LogP contribution in [0.1, 0.15) is 25.3 Å². The Morgan fingerprint density at radius 3 is 2.74 bits per heavy atom. The lowest BCUT2D eigenvalue weighted by Crippen LogP contribution is -2.29. The molecule has 3 N–H and O–H groups in total. The molecule has 6 heteroatoms. The van der Waals surface area contributed by atoms with E-state index in [1.807, 2.05) is 6.92 Å². The van der Waals surface area contributed by atoms with Crippen molar-refractivity contribution in [1.82, 2.24) is 5.32 Å². The van der Waals surface area contributed by atoms with Gasteiger partial charge in [0.05, 0.1) is 4.90 Å². The Kier molecular flexibility index (Phi) is 3.91. The van der Waals surface area contributed by atoms with Crippen molar-refractivity contribution < 1.29 is 13.2 Å². The van der Waals surface area contributed by atoms with Crippen LogP contribution in [0.15, 0.2) is 29.2 Å². The smallest absolute Gasteiger partial charge is 0.238 e. The van der Waals surface area contributed by atoms with E-state index in [2.05, 4.69) is 5.32 Å². The zero-order valence-electron chi connectivity index (χ0n) is 10.8. The number of nitrogens with two attached hydrogens (primary N) is 1. The lowest BCUT2D eigenvalue weighted by atomic mass is 10.1. The van der Waals surface area contributed by atoms with Crippen LogP contribution in [-0.4, -0.2) is 14.3 Å². The zero-order chi connectivity index (χ0) is 14.0. The normalized spacial score (nSPS) is 16.9. The molecule has 1 aromatic rings. The monoisotopic (exact) mass is 282 g/mol. The first-order chi connectivity index (χ1) is 8.88. The second-order valence-corrected chi connectivity index (χ2v) is 6.60. The Labute approximate surface area is 113 Å². The van der Waals surface area contributed by atoms with E-state index in [1.165, 1.54) is 12.1 Å². The lowest BCUT2D eigenvalue weighted by Gasteiger charge is -2.11. The van der Waals surface area contributed by atoms with Crippen molar-refractivity contribution >= 4 is 15.9 Å². The molecule has 1 fully saturated rings. The maximum absolute atomic E-state index is 11.8. The fourth-order valence-electron chi connectivity index (χ4n) is 1.99. The summed E-state index contributed by atoms with van der Waals surface area (Å²) in [6.45, 7) is 2.24. The minimum Gasteiger partial charge on any atom is -0.352 e. The van der Waals surface area contributed by atoms with Crippen molar-refractivity contribution in [3.63, 3.8) is 0 Å². The average Bonchev–Trinajstić information content (AvgIpc) is 3.18. The summed E-state index contributed by atoms with van der Waals surface area (Å²) in [5.41, 5.74) is 0.725. The summed E-state index contributed by atoms with van der Waals surface area (Å²) in [6.07, 6.45) is 2.24. The van der Waals surface area contributed by atoms with Crippen LogP contribution < -0.4 is 10.5 Å². The molecule has 1 unspecified atom stereocenters. The van der Waals surface area contributed by atoms with Gasteiger partial charge in [0, 0.05) is 12.5 Å². The molecule has 1 saturated carbocycles. The van der Waals surface area contributed by atoms with Crippen molar-refractivity contribution in [3.8, 4) is 0 Å². The van der Waals surface area contributed by atoms with E-state index in [-0.39, 0.29) is 16.7 Å². The minimum atomic E-state index is -3.70. The molecule has 0 saturated heterocycles. The highest BCUT2D eigenvalue weighted by atomic mass is 32.2. The fourth-order valence-corrected chi connectivity index (χ4v) is 2.58. The third-order valence-electron chi connectivity index (χ3n) is 3.44. The van der Waals surface area contributed by atoms with Crippen LogP contribution >= 0.6 is 0 Å². The molecule has 0 spiro atoms. The number of nitrogens with one attached hydrogen (secondary N) is 1. The van der Waals surface area contributed by atoms with Gasteiger partial charge in [-0.3, -0.25) is 4.79 Å². The molecule has 2 rings (SSSR count). The molecule has 1 aliphatic carbocycles. The van der Waals surface area contributed by atoms with Gasteiger partial charge < -0.3 is 5.32 Å². The van der Waals surface area contributed by atoms with E-state index >= 15 is 0 Å². The maximum Gasteiger partial charge on any atom is 0.238 e. The predicted octanol–water partition coefficient (Wildman–Crippen LogP) is 0.996. The number of rotatable bonds is 5. The van der Waals surface area contributed by atoms with Crippen molar-refractivity contribution in [2.24, 2.45) is 17.0 Å². The summed E-state index contributed by atoms with van der Waals surface area (Å²) < 4.78 is 22.4. The summed E-state index contributed by atoms with van der Waals surface area (Å²) in [5.74, 6) is 0.556. The quantitative estimate of drug-likeness (QED) is 0.844. The van der Waals surface area contributed by atoms with Crippen LogP contribution in [-0.2, 0) is 21.4 Å². The van der Waals surface area contributed by atoms with Gasteiger partial charge in [0.15, 0.2) is 0 Å². The number of hydrogen-bond acceptors (Lipinski definition) is 3. The second kappa shape index (κ2) is 5.30. The largest absolute Gasteiger partial charge is 0.352 e. The van der Waals surface area contributed by atoms with Crippen molar-refractivity contribution in [2.75, 3.05) is 0 Å². The van der Waals surface area contributed by atoms with Crippen molar-refractivity contribution in [2.45, 2.75) is 31.2 Å². The summed E-state index contributed by atoms with van der Waals surface area (Å²) >= 11 is 0. The van der Waals surface area contributed by atoms with Gasteiger partial charge >= 0.3 is 0 Å². The highest BCUT2D eigenvalue weighted by Gasteiger charge is 2.32. The Bertz CT molecular complexity index is 579. The van der Waals surface area contributed by atoms with Gasteiger partial charge in [-0.25, -0.2) is 13.6 Å². The van der Waals surface area contributed by atoms with Gasteiger partial charge in [0.2, 0.25) is 15.9 Å². The second-order valence-electron chi connectivity index (χ2n) is 5.04. The molecule has 1 amide bonds. The fraction of sp³-hybridized carbons (Fsp3) is 0.462. The molecular formula is C13H18N2O3S. The molecule has 1 atom stereocenters. The summed E-state index contributed by atoms with van der Waals surface area (Å²) in [5, 5.41) is 7.89. The summed E-state index contributed by atoms with van der Waals surface area (Å²) in [7, 11) is -3.70. The standard InChI is InChI=1S/C13H18N2O3S/c1-9(11-5-6-11)13(16)15-8-10-3-2-4-12(7-10)19(14,17)18/h2-4,7,9,11H,5-6,8H2,1H3,(H,15,16)(H2,14,17,18). The topological polar surface area (TPSA) is 89.3 Å². The molecule has 5 nitrogen and oxygen atoms in total. The van der Waals surface area contributed by atoms with Crippen LogP contribution in [0.25, 0.3) is 0 Å². The number of carbonyl (C=O) groups is 1. The van der Waals surface area contributed by atoms with Crippen LogP contribution in [0.4, 0.5) is 0 Å². The average molecular weight is 282 g/mol. The highest BCUT2D eigenvalue weighted by molar-refractivity contribution is 7.89. The first-order valence-corrected chi connectivity index (χ1v) is 7.82. The molecule has 0 aromatic heterocycles. The van der Waals surface area contributed by atoms with Gasteiger partial charge in [0.25, 0.3) is 0 Å². The van der Waals surface area contributed by atoms with E-state index in [0.29, 0.717) is 12.5 Å². The van der Waals surface area contributed by atoms with Crippen molar-refractivity contribution in [1.29, 1.82) is 0 Å². The highest BCUT2D eigenvalue weighted by Crippen LogP contribution is 2.36. The summed E-state index contributed by atoms with van der Waals surface area (Å²) in [4.78, 5) is 11.9. The Morgan fingerprint density at radius 1 is 1.47 bits per heavy atom. The van der Waals surface area contributed by atoms with E-state index in [0.717, 1.165) is 18.4 Å². The minimum absolute atomic E-state index is 0.0171. The van der Waals surface area contributed by atoms with Crippen LogP contribution in [0.5, 0.6) is 0 Å². The van der Waals surface area contributed by atoms with Gasteiger partial charge in [-0.2, -0.15) is 0 Å². The molecule has 0 bridgehead atoms. The lowest BCUT2D eigenvalue weighted by molar-refractivity contribution is -0.125. The van der Waals surface area contributed by atoms with E-state index in [9.17, 15) is 13.2 Å². The summed E-state index contributed by atoms with van der Waals surface area (Å²) in [6, 6.07) is 6.30. The molecule has 0 aliphatic heterocycles. The number of primary sulfonamides is 1. The third kappa shape index (κ3) is 3.78. The van der Waals surface area contributed by atoms with Crippen LogP contribution in [0.3, 0.4) is 0 Å². The van der Waals surface area contributed by atoms with Gasteiger partial charge in [0.1, 0.15) is 0 Å². The van der Waals surface area contributed by atoms with E-state index in [4.69, 9.17) is 5.14 Å². The Hall–Kier alpha value is -1.40. The molecule has 1 aromatic carbocycles. The number of benzene rings is 1. The third-order valence-corrected chi connectivity index (χ3v) is 4.35. The molecule has 0 heterocycles. The first kappa shape index (κ1) is 14.0. The van der Waals surface area contributed by atoms with Crippen molar-refractivity contribution in [3.05, 3.63) is 29.8 Å². The number of hydrogen-bond donors (Lipinski definition) is 2. The van der Waals surface area contributed by atoms with E-state index < -0.39 is 10.0 Å². The van der Waals surface area contributed by atoms with Crippen LogP contribution in [0, 0.1) is 11.8 Å². The number of carbonyl (C=O) groups excluding carboxylic acids is 1. The van der Waals surface area contributed by atoms with E-state index in [1.54, 1.807) is 12.1 Å². The molecule has 1 aliphatic rings. The first-order valence-electron chi connectivity index (χ1n) is 6.27. The Morgan fingerprint density at radius 2 is 2.16 bits per heavy atom. The van der Waals surface area contributed by atoms with Gasteiger partial charge in [-0.15, -0.1) is 0 Å². The van der Waals surface area contributed by atoms with Gasteiger partial charge in [-0.05, 0) is 36.5 Å². The SMILES string of the molecule is CC(C(=O)NCc1cccc(S(N)(=O)=O)c1)C1CC1. The molecule has 104 valence electrons. The predicted molar refractivity (Wildman–Crippen MR) is 71.5 cm³/mol.